The molecule has 5 nitrogen and oxygen atoms in total. The molecule has 0 aliphatic carbocycles. The van der Waals surface area contributed by atoms with Gasteiger partial charge < -0.3 is 10.2 Å². The zero-order valence-electron chi connectivity index (χ0n) is 9.24. The highest BCUT2D eigenvalue weighted by Crippen LogP contribution is 2.21. The van der Waals surface area contributed by atoms with E-state index < -0.39 is 22.0 Å². The van der Waals surface area contributed by atoms with Crippen molar-refractivity contribution in [2.45, 2.75) is 23.5 Å². The van der Waals surface area contributed by atoms with Gasteiger partial charge in [0.05, 0.1) is 23.5 Å². The van der Waals surface area contributed by atoms with E-state index in [0.717, 1.165) is 6.26 Å². The molecule has 1 aromatic rings. The maximum absolute atomic E-state index is 11.3. The van der Waals surface area contributed by atoms with E-state index in [4.69, 9.17) is 5.26 Å². The number of benzene rings is 1. The predicted molar refractivity (Wildman–Crippen MR) is 60.7 cm³/mol. The van der Waals surface area contributed by atoms with E-state index in [1.165, 1.54) is 24.3 Å². The summed E-state index contributed by atoms with van der Waals surface area (Å²) in [6.07, 6.45) is -1.65. The molecule has 0 aromatic heterocycles. The molecule has 0 aliphatic rings. The lowest BCUT2D eigenvalue weighted by Gasteiger charge is -2.16. The van der Waals surface area contributed by atoms with E-state index in [-0.39, 0.29) is 16.9 Å². The second-order valence-corrected chi connectivity index (χ2v) is 5.73. The first-order valence-corrected chi connectivity index (χ1v) is 6.78. The molecular weight excluding hydrogens is 242 g/mol. The van der Waals surface area contributed by atoms with Crippen LogP contribution in [0.2, 0.25) is 0 Å². The van der Waals surface area contributed by atoms with Gasteiger partial charge in [-0.3, -0.25) is 0 Å². The van der Waals surface area contributed by atoms with Crippen LogP contribution in [0.1, 0.15) is 18.1 Å². The third-order valence-electron chi connectivity index (χ3n) is 2.29. The van der Waals surface area contributed by atoms with E-state index >= 15 is 0 Å². The van der Waals surface area contributed by atoms with Gasteiger partial charge in [-0.1, -0.05) is 12.1 Å². The molecule has 0 radical (unpaired) electrons. The summed E-state index contributed by atoms with van der Waals surface area (Å²) >= 11 is 0. The van der Waals surface area contributed by atoms with Crippen molar-refractivity contribution in [3.05, 3.63) is 29.8 Å². The Balaban J connectivity index is 3.05. The Hall–Kier alpha value is -1.42. The molecule has 1 aromatic carbocycles. The minimum atomic E-state index is -3.35. The third-order valence-corrected chi connectivity index (χ3v) is 3.40. The summed E-state index contributed by atoms with van der Waals surface area (Å²) in [6.45, 7) is 0. The van der Waals surface area contributed by atoms with Gasteiger partial charge in [-0.25, -0.2) is 8.42 Å². The van der Waals surface area contributed by atoms with Crippen LogP contribution < -0.4 is 0 Å². The molecule has 0 bridgehead atoms. The van der Waals surface area contributed by atoms with Crippen molar-refractivity contribution in [3.8, 4) is 6.07 Å². The lowest BCUT2D eigenvalue weighted by Crippen LogP contribution is -2.17. The van der Waals surface area contributed by atoms with Crippen LogP contribution in [-0.4, -0.2) is 31.0 Å². The van der Waals surface area contributed by atoms with E-state index in [2.05, 4.69) is 0 Å². The van der Waals surface area contributed by atoms with Gasteiger partial charge in [0.25, 0.3) is 0 Å². The van der Waals surface area contributed by atoms with E-state index in [1.54, 1.807) is 6.07 Å². The Labute approximate surface area is 99.9 Å². The summed E-state index contributed by atoms with van der Waals surface area (Å²) < 4.78 is 22.6. The standard InChI is InChI=1S/C11H13NO4S/c1-17(15,16)9-4-2-3-8(7-9)11(14)10(13)5-6-12/h2-4,7,10-11,13-14H,5H2,1H3. The SMILES string of the molecule is CS(=O)(=O)c1cccc(C(O)C(O)CC#N)c1. The van der Waals surface area contributed by atoms with Gasteiger partial charge >= 0.3 is 0 Å². The number of hydrogen-bond donors (Lipinski definition) is 2. The highest BCUT2D eigenvalue weighted by atomic mass is 32.2. The van der Waals surface area contributed by atoms with Crippen LogP contribution in [-0.2, 0) is 9.84 Å². The molecule has 1 rings (SSSR count). The summed E-state index contributed by atoms with van der Waals surface area (Å²) in [5.74, 6) is 0. The van der Waals surface area contributed by atoms with E-state index in [1.807, 2.05) is 0 Å². The molecule has 0 saturated carbocycles. The fourth-order valence-electron chi connectivity index (χ4n) is 1.36. The second-order valence-electron chi connectivity index (χ2n) is 3.72. The maximum Gasteiger partial charge on any atom is 0.175 e. The van der Waals surface area contributed by atoms with Gasteiger partial charge in [-0.15, -0.1) is 0 Å². The van der Waals surface area contributed by atoms with Crippen molar-refractivity contribution in [2.24, 2.45) is 0 Å². The van der Waals surface area contributed by atoms with Crippen LogP contribution in [0, 0.1) is 11.3 Å². The van der Waals surface area contributed by atoms with Gasteiger partial charge in [-0.05, 0) is 17.7 Å². The molecule has 0 aliphatic heterocycles. The lowest BCUT2D eigenvalue weighted by atomic mass is 10.0. The van der Waals surface area contributed by atoms with Crippen LogP contribution in [0.5, 0.6) is 0 Å². The normalized spacial score (nSPS) is 14.9. The summed E-state index contributed by atoms with van der Waals surface area (Å²) in [4.78, 5) is 0.0678. The Kier molecular flexibility index (Phi) is 4.23. The van der Waals surface area contributed by atoms with Crippen molar-refractivity contribution < 1.29 is 18.6 Å². The molecule has 2 unspecified atom stereocenters. The van der Waals surface area contributed by atoms with Crippen molar-refractivity contribution in [2.75, 3.05) is 6.26 Å². The number of aliphatic hydroxyl groups excluding tert-OH is 2. The van der Waals surface area contributed by atoms with Crippen LogP contribution in [0.15, 0.2) is 29.2 Å². The van der Waals surface area contributed by atoms with Gasteiger partial charge in [0.1, 0.15) is 6.10 Å². The number of aliphatic hydroxyl groups is 2. The van der Waals surface area contributed by atoms with E-state index in [0.29, 0.717) is 0 Å². The predicted octanol–water partition coefficient (Wildman–Crippen LogP) is 0.398. The Morgan fingerprint density at radius 3 is 2.59 bits per heavy atom. The van der Waals surface area contributed by atoms with Crippen molar-refractivity contribution >= 4 is 9.84 Å². The van der Waals surface area contributed by atoms with Crippen molar-refractivity contribution in [1.82, 2.24) is 0 Å². The molecule has 17 heavy (non-hydrogen) atoms. The molecule has 0 spiro atoms. The Bertz CT molecular complexity index is 533. The topological polar surface area (TPSA) is 98.4 Å². The monoisotopic (exact) mass is 255 g/mol. The minimum Gasteiger partial charge on any atom is -0.389 e. The lowest BCUT2D eigenvalue weighted by molar-refractivity contribution is 0.0215. The summed E-state index contributed by atoms with van der Waals surface area (Å²) in [7, 11) is -3.35. The van der Waals surface area contributed by atoms with Gasteiger partial charge in [-0.2, -0.15) is 5.26 Å². The quantitative estimate of drug-likeness (QED) is 0.811. The molecule has 0 saturated heterocycles. The number of sulfone groups is 1. The first kappa shape index (κ1) is 13.6. The fourth-order valence-corrected chi connectivity index (χ4v) is 2.03. The molecule has 0 heterocycles. The largest absolute Gasteiger partial charge is 0.389 e. The van der Waals surface area contributed by atoms with Crippen LogP contribution in [0.3, 0.4) is 0 Å². The molecular formula is C11H13NO4S. The van der Waals surface area contributed by atoms with Gasteiger partial charge in [0.15, 0.2) is 9.84 Å². The van der Waals surface area contributed by atoms with Gasteiger partial charge in [0, 0.05) is 6.26 Å². The number of nitrogens with zero attached hydrogens (tertiary/aromatic N) is 1. The number of nitriles is 1. The summed E-state index contributed by atoms with van der Waals surface area (Å²) in [5, 5.41) is 27.6. The van der Waals surface area contributed by atoms with Crippen LogP contribution in [0.25, 0.3) is 0 Å². The number of hydrogen-bond acceptors (Lipinski definition) is 5. The summed E-state index contributed by atoms with van der Waals surface area (Å²) in [5.41, 5.74) is 0.274. The van der Waals surface area contributed by atoms with Crippen LogP contribution >= 0.6 is 0 Å². The maximum atomic E-state index is 11.3. The zero-order chi connectivity index (χ0) is 13.1. The smallest absolute Gasteiger partial charge is 0.175 e. The highest BCUT2D eigenvalue weighted by molar-refractivity contribution is 7.90. The third kappa shape index (κ3) is 3.53. The van der Waals surface area contributed by atoms with E-state index in [9.17, 15) is 18.6 Å². The van der Waals surface area contributed by atoms with Crippen LogP contribution in [0.4, 0.5) is 0 Å². The highest BCUT2D eigenvalue weighted by Gasteiger charge is 2.19. The fraction of sp³-hybridized carbons (Fsp3) is 0.364. The molecule has 2 atom stereocenters. The second kappa shape index (κ2) is 5.27. The summed E-state index contributed by atoms with van der Waals surface area (Å²) in [6, 6.07) is 7.41. The first-order chi connectivity index (χ1) is 7.86. The minimum absolute atomic E-state index is 0.0678. The zero-order valence-corrected chi connectivity index (χ0v) is 10.1. The van der Waals surface area contributed by atoms with Crippen molar-refractivity contribution in [3.63, 3.8) is 0 Å². The average molecular weight is 255 g/mol. The van der Waals surface area contributed by atoms with Gasteiger partial charge in [0.2, 0.25) is 0 Å². The Morgan fingerprint density at radius 2 is 2.06 bits per heavy atom. The molecule has 2 N–H and O–H groups in total. The molecule has 0 fully saturated rings. The van der Waals surface area contributed by atoms with Crippen molar-refractivity contribution in [1.29, 1.82) is 5.26 Å². The first-order valence-electron chi connectivity index (χ1n) is 4.89. The average Bonchev–Trinajstić information content (AvgIpc) is 2.27. The number of rotatable bonds is 4. The molecule has 0 amide bonds. The molecule has 6 heteroatoms. The molecule has 92 valence electrons. The Morgan fingerprint density at radius 1 is 1.41 bits per heavy atom.